The van der Waals surface area contributed by atoms with Crippen molar-refractivity contribution >= 4 is 52.2 Å². The van der Waals surface area contributed by atoms with Gasteiger partial charge in [0.1, 0.15) is 11.3 Å². The van der Waals surface area contributed by atoms with Gasteiger partial charge >= 0.3 is 6.18 Å². The maximum absolute atomic E-state index is 12.5. The van der Waals surface area contributed by atoms with Gasteiger partial charge in [-0.15, -0.1) is 35.3 Å². The van der Waals surface area contributed by atoms with Gasteiger partial charge in [-0.3, -0.25) is 4.99 Å². The summed E-state index contributed by atoms with van der Waals surface area (Å²) < 4.78 is 43.4. The van der Waals surface area contributed by atoms with Gasteiger partial charge in [-0.25, -0.2) is 4.98 Å². The molecule has 2 heterocycles. The van der Waals surface area contributed by atoms with Crippen molar-refractivity contribution in [2.75, 3.05) is 20.1 Å². The minimum Gasteiger partial charge on any atom is -0.461 e. The van der Waals surface area contributed by atoms with Crippen molar-refractivity contribution in [2.45, 2.75) is 19.0 Å². The second-order valence-corrected chi connectivity index (χ2v) is 6.74. The van der Waals surface area contributed by atoms with Gasteiger partial charge in [0.15, 0.2) is 11.7 Å². The van der Waals surface area contributed by atoms with Crippen LogP contribution in [0.3, 0.4) is 0 Å². The fourth-order valence-corrected chi connectivity index (χ4v) is 3.33. The van der Waals surface area contributed by atoms with Crippen molar-refractivity contribution in [1.82, 2.24) is 15.6 Å². The number of rotatable bonds is 6. The van der Waals surface area contributed by atoms with E-state index in [9.17, 15) is 13.2 Å². The normalized spacial score (nSPS) is 12.1. The van der Waals surface area contributed by atoms with Crippen LogP contribution in [0.5, 0.6) is 0 Å². The van der Waals surface area contributed by atoms with Crippen LogP contribution < -0.4 is 10.6 Å². The van der Waals surface area contributed by atoms with E-state index in [-0.39, 0.29) is 24.0 Å². The number of thiazole rings is 1. The average molecular weight is 524 g/mol. The second-order valence-electron chi connectivity index (χ2n) is 5.80. The number of nitrogens with zero attached hydrogens (tertiary/aromatic N) is 2. The lowest BCUT2D eigenvalue weighted by atomic mass is 10.2. The van der Waals surface area contributed by atoms with E-state index >= 15 is 0 Å². The van der Waals surface area contributed by atoms with E-state index in [1.54, 1.807) is 7.05 Å². The Labute approximate surface area is 181 Å². The minimum atomic E-state index is -4.39. The highest BCUT2D eigenvalue weighted by Gasteiger charge is 2.33. The third-order valence-corrected chi connectivity index (χ3v) is 4.75. The summed E-state index contributed by atoms with van der Waals surface area (Å²) in [5, 5.41) is 8.77. The molecule has 0 amide bonds. The lowest BCUT2D eigenvalue weighted by Gasteiger charge is -2.10. The van der Waals surface area contributed by atoms with E-state index in [1.165, 1.54) is 0 Å². The molecule has 0 aliphatic carbocycles. The molecule has 3 rings (SSSR count). The molecule has 0 unspecified atom stereocenters. The van der Waals surface area contributed by atoms with Gasteiger partial charge in [0, 0.05) is 43.7 Å². The quantitative estimate of drug-likeness (QED) is 0.284. The number of alkyl halides is 3. The summed E-state index contributed by atoms with van der Waals surface area (Å²) in [6.45, 7) is 1.06. The lowest BCUT2D eigenvalue weighted by Crippen LogP contribution is -2.39. The highest BCUT2D eigenvalue weighted by molar-refractivity contribution is 14.0. The predicted octanol–water partition coefficient (Wildman–Crippen LogP) is 4.48. The molecule has 10 heteroatoms. The summed E-state index contributed by atoms with van der Waals surface area (Å²) in [6.07, 6.45) is -3.31. The van der Waals surface area contributed by atoms with E-state index in [1.807, 2.05) is 30.3 Å². The van der Waals surface area contributed by atoms with Crippen LogP contribution in [0.15, 0.2) is 45.1 Å². The Morgan fingerprint density at radius 3 is 2.54 bits per heavy atom. The lowest BCUT2D eigenvalue weighted by molar-refractivity contribution is -0.140. The van der Waals surface area contributed by atoms with Crippen LogP contribution in [0.1, 0.15) is 16.5 Å². The number of hydrogen-bond donors (Lipinski definition) is 2. The summed E-state index contributed by atoms with van der Waals surface area (Å²) in [7, 11) is 1.64. The number of nitrogens with one attached hydrogen (secondary N) is 2. The second kappa shape index (κ2) is 10.1. The number of furan rings is 1. The molecule has 0 atom stereocenters. The van der Waals surface area contributed by atoms with Crippen LogP contribution in [0, 0.1) is 0 Å². The molecule has 2 N–H and O–H groups in total. The molecule has 5 nitrogen and oxygen atoms in total. The number of hydrogen-bond acceptors (Lipinski definition) is 4. The Balaban J connectivity index is 0.00000280. The number of benzene rings is 1. The molecular weight excluding hydrogens is 504 g/mol. The molecule has 28 heavy (non-hydrogen) atoms. The SMILES string of the molecule is CN=C(NCCc1cc2ccccc2o1)NCCc1nc(C(F)(F)F)cs1.I. The van der Waals surface area contributed by atoms with Crippen LogP contribution in [0.2, 0.25) is 0 Å². The zero-order valence-electron chi connectivity index (χ0n) is 15.0. The summed E-state index contributed by atoms with van der Waals surface area (Å²) in [5.74, 6) is 1.46. The van der Waals surface area contributed by atoms with E-state index < -0.39 is 11.9 Å². The van der Waals surface area contributed by atoms with Crippen molar-refractivity contribution in [2.24, 2.45) is 4.99 Å². The largest absolute Gasteiger partial charge is 0.461 e. The number of guanidine groups is 1. The van der Waals surface area contributed by atoms with E-state index in [4.69, 9.17) is 4.42 Å². The van der Waals surface area contributed by atoms with Gasteiger partial charge < -0.3 is 15.1 Å². The molecule has 0 saturated heterocycles. The topological polar surface area (TPSA) is 62.5 Å². The molecule has 1 aromatic carbocycles. The molecule has 0 aliphatic heterocycles. The van der Waals surface area contributed by atoms with Crippen molar-refractivity contribution in [3.63, 3.8) is 0 Å². The highest BCUT2D eigenvalue weighted by Crippen LogP contribution is 2.30. The molecular formula is C18H20F3IN4OS. The van der Waals surface area contributed by atoms with Crippen LogP contribution in [0.25, 0.3) is 11.0 Å². The van der Waals surface area contributed by atoms with Gasteiger partial charge in [-0.05, 0) is 12.1 Å². The van der Waals surface area contributed by atoms with Crippen LogP contribution in [-0.2, 0) is 19.0 Å². The van der Waals surface area contributed by atoms with Crippen molar-refractivity contribution in [3.8, 4) is 0 Å². The van der Waals surface area contributed by atoms with E-state index in [0.29, 0.717) is 36.9 Å². The molecule has 0 aliphatic rings. The fraction of sp³-hybridized carbons (Fsp3) is 0.333. The minimum absolute atomic E-state index is 0. The average Bonchev–Trinajstić information content (AvgIpc) is 3.26. The van der Waals surface area contributed by atoms with Crippen LogP contribution in [0.4, 0.5) is 13.2 Å². The van der Waals surface area contributed by atoms with Crippen LogP contribution in [-0.4, -0.2) is 31.1 Å². The third kappa shape index (κ3) is 6.09. The first kappa shape index (κ1) is 22.5. The Morgan fingerprint density at radius 1 is 1.18 bits per heavy atom. The molecule has 0 saturated carbocycles. The molecule has 0 radical (unpaired) electrons. The molecule has 2 aromatic heterocycles. The van der Waals surface area contributed by atoms with Gasteiger partial charge in [-0.2, -0.15) is 13.2 Å². The Hall–Kier alpha value is -1.82. The predicted molar refractivity (Wildman–Crippen MR) is 116 cm³/mol. The number of aliphatic imine (C=N–C) groups is 1. The van der Waals surface area contributed by atoms with Crippen molar-refractivity contribution in [3.05, 3.63) is 52.2 Å². The fourth-order valence-electron chi connectivity index (χ4n) is 2.53. The van der Waals surface area contributed by atoms with Gasteiger partial charge in [0.05, 0.1) is 5.01 Å². The first-order valence-electron chi connectivity index (χ1n) is 8.39. The third-order valence-electron chi connectivity index (χ3n) is 3.84. The smallest absolute Gasteiger partial charge is 0.434 e. The van der Waals surface area contributed by atoms with Gasteiger partial charge in [0.25, 0.3) is 0 Å². The zero-order valence-corrected chi connectivity index (χ0v) is 18.2. The Morgan fingerprint density at radius 2 is 1.89 bits per heavy atom. The van der Waals surface area contributed by atoms with Gasteiger partial charge in [0.2, 0.25) is 0 Å². The number of halogens is 4. The van der Waals surface area contributed by atoms with Crippen molar-refractivity contribution in [1.29, 1.82) is 0 Å². The number of fused-ring (bicyclic) bond motifs is 1. The maximum Gasteiger partial charge on any atom is 0.434 e. The first-order chi connectivity index (χ1) is 13.0. The molecule has 0 fully saturated rings. The van der Waals surface area contributed by atoms with Crippen molar-refractivity contribution < 1.29 is 17.6 Å². The number of aromatic nitrogens is 1. The monoisotopic (exact) mass is 524 g/mol. The zero-order chi connectivity index (χ0) is 19.3. The molecule has 152 valence electrons. The summed E-state index contributed by atoms with van der Waals surface area (Å²) in [4.78, 5) is 7.71. The summed E-state index contributed by atoms with van der Waals surface area (Å²) >= 11 is 1.01. The maximum atomic E-state index is 12.5. The Kier molecular flexibility index (Phi) is 8.10. The molecule has 0 bridgehead atoms. The first-order valence-corrected chi connectivity index (χ1v) is 9.27. The van der Waals surface area contributed by atoms with Gasteiger partial charge in [-0.1, -0.05) is 18.2 Å². The van der Waals surface area contributed by atoms with E-state index in [0.717, 1.165) is 33.4 Å². The number of para-hydroxylation sites is 1. The Bertz CT molecular complexity index is 890. The van der Waals surface area contributed by atoms with E-state index in [2.05, 4.69) is 20.6 Å². The highest BCUT2D eigenvalue weighted by atomic mass is 127. The molecule has 0 spiro atoms. The van der Waals surface area contributed by atoms with Crippen LogP contribution >= 0.6 is 35.3 Å². The summed E-state index contributed by atoms with van der Waals surface area (Å²) in [6, 6.07) is 9.83. The molecule has 3 aromatic rings. The summed E-state index contributed by atoms with van der Waals surface area (Å²) in [5.41, 5.74) is 0.0209. The standard InChI is InChI=1S/C18H19F3N4OS.HI/c1-22-17(24-9-7-16-25-15(11-27-16)18(19,20)21)23-8-6-13-10-12-4-2-3-5-14(12)26-13;/h2-5,10-11H,6-9H2,1H3,(H2,22,23,24);1H.